The first-order valence-electron chi connectivity index (χ1n) is 37.9. The van der Waals surface area contributed by atoms with Crippen LogP contribution in [0.3, 0.4) is 0 Å². The summed E-state index contributed by atoms with van der Waals surface area (Å²) in [4.78, 5) is 38.1. The fourth-order valence-corrected chi connectivity index (χ4v) is 11.6. The first kappa shape index (κ1) is 86.9. The standard InChI is InChI=1S/C80H144NO8P/c1-6-8-10-12-14-16-18-20-22-24-26-28-30-32-34-35-36-37-38-39-40-41-42-43-44-45-47-49-51-53-55-57-59-61-63-65-67-69-71-73-80(83)89-78(77-88-90(84,85)87-75-74-81(3,4)5)76-86-79(82)72-70-68-66-64-62-60-58-56-54-52-50-48-46-33-31-29-27-25-23-21-19-17-15-13-11-9-7-2/h8-11,14-17,20-23,26-29,78H,6-7,12-13,18-19,24-25,30-77H2,1-5H3/b10-8-,11-9-,16-14-,17-15-,22-20-,23-21-,28-26-,29-27-. The van der Waals surface area contributed by atoms with Crippen molar-refractivity contribution in [3.8, 4) is 0 Å². The van der Waals surface area contributed by atoms with Crippen molar-refractivity contribution in [3.63, 3.8) is 0 Å². The van der Waals surface area contributed by atoms with E-state index >= 15 is 0 Å². The van der Waals surface area contributed by atoms with Gasteiger partial charge in [-0.25, -0.2) is 0 Å². The summed E-state index contributed by atoms with van der Waals surface area (Å²) in [6.45, 7) is 4.06. The molecule has 90 heavy (non-hydrogen) atoms. The summed E-state index contributed by atoms with van der Waals surface area (Å²) >= 11 is 0. The van der Waals surface area contributed by atoms with Crippen LogP contribution in [0.4, 0.5) is 0 Å². The Hall–Kier alpha value is -3.07. The number of likely N-dealkylation sites (N-methyl/N-ethyl adjacent to an activating group) is 1. The van der Waals surface area contributed by atoms with Crippen LogP contribution in [-0.4, -0.2) is 70.0 Å². The third kappa shape index (κ3) is 74.0. The van der Waals surface area contributed by atoms with Crippen molar-refractivity contribution in [2.75, 3.05) is 47.5 Å². The summed E-state index contributed by atoms with van der Waals surface area (Å²) in [6, 6.07) is 0. The second-order valence-electron chi connectivity index (χ2n) is 26.6. The largest absolute Gasteiger partial charge is 0.756 e. The number of esters is 2. The number of rotatable bonds is 70. The number of ether oxygens (including phenoxy) is 2. The lowest BCUT2D eigenvalue weighted by atomic mass is 10.0. The van der Waals surface area contributed by atoms with Gasteiger partial charge in [0.25, 0.3) is 7.82 Å². The number of carbonyl (C=O) groups excluding carboxylic acids is 2. The van der Waals surface area contributed by atoms with Crippen LogP contribution < -0.4 is 4.89 Å². The van der Waals surface area contributed by atoms with Crippen LogP contribution in [0.5, 0.6) is 0 Å². The number of carbonyl (C=O) groups is 2. The summed E-state index contributed by atoms with van der Waals surface area (Å²) in [5.41, 5.74) is 0. The van der Waals surface area contributed by atoms with Gasteiger partial charge in [0.1, 0.15) is 19.8 Å². The zero-order valence-electron chi connectivity index (χ0n) is 59.6. The predicted octanol–water partition coefficient (Wildman–Crippen LogP) is 24.4. The highest BCUT2D eigenvalue weighted by Gasteiger charge is 2.22. The van der Waals surface area contributed by atoms with Crippen LogP contribution >= 0.6 is 7.82 Å². The minimum absolute atomic E-state index is 0.0313. The summed E-state index contributed by atoms with van der Waals surface area (Å²) < 4.78 is 34.4. The van der Waals surface area contributed by atoms with Gasteiger partial charge in [-0.3, -0.25) is 14.2 Å². The van der Waals surface area contributed by atoms with Crippen molar-refractivity contribution in [3.05, 3.63) is 97.2 Å². The quantitative estimate of drug-likeness (QED) is 0.0195. The molecule has 0 heterocycles. The van der Waals surface area contributed by atoms with Crippen molar-refractivity contribution in [1.82, 2.24) is 0 Å². The highest BCUT2D eigenvalue weighted by Crippen LogP contribution is 2.38. The number of hydrogen-bond acceptors (Lipinski definition) is 8. The molecule has 0 spiro atoms. The van der Waals surface area contributed by atoms with Gasteiger partial charge in [-0.1, -0.05) is 342 Å². The SMILES string of the molecule is CC/C=C\C/C=C\C/C=C\C/C=C\CCCCCCCCCCCCCCCCCCCCCCCCCCCCC(=O)OC(COC(=O)CCCCCCCCCCCCCCCC/C=C\C/C=C\C/C=C\C/C=C\CC)COP(=O)([O-])OCC[N+](C)(C)C. The van der Waals surface area contributed by atoms with Gasteiger partial charge in [0, 0.05) is 12.8 Å². The average molecular weight is 1280 g/mol. The second kappa shape index (κ2) is 70.3. The summed E-state index contributed by atoms with van der Waals surface area (Å²) in [5, 5.41) is 0. The average Bonchev–Trinajstić information content (AvgIpc) is 3.58. The van der Waals surface area contributed by atoms with Crippen molar-refractivity contribution in [2.24, 2.45) is 0 Å². The van der Waals surface area contributed by atoms with Crippen molar-refractivity contribution < 1.29 is 42.1 Å². The zero-order valence-corrected chi connectivity index (χ0v) is 60.5. The van der Waals surface area contributed by atoms with E-state index in [1.807, 2.05) is 21.1 Å². The molecule has 0 N–H and O–H groups in total. The zero-order chi connectivity index (χ0) is 65.5. The van der Waals surface area contributed by atoms with E-state index in [-0.39, 0.29) is 32.0 Å². The Morgan fingerprint density at radius 3 is 0.889 bits per heavy atom. The van der Waals surface area contributed by atoms with Gasteiger partial charge in [-0.2, -0.15) is 0 Å². The molecule has 0 fully saturated rings. The summed E-state index contributed by atoms with van der Waals surface area (Å²) in [7, 11) is 1.18. The number of phosphoric ester groups is 1. The third-order valence-electron chi connectivity index (χ3n) is 16.6. The van der Waals surface area contributed by atoms with Gasteiger partial charge in [-0.15, -0.1) is 0 Å². The predicted molar refractivity (Wildman–Crippen MR) is 388 cm³/mol. The van der Waals surface area contributed by atoms with Crippen LogP contribution in [-0.2, 0) is 32.7 Å². The molecule has 0 aliphatic carbocycles. The monoisotopic (exact) mass is 1280 g/mol. The van der Waals surface area contributed by atoms with E-state index in [1.54, 1.807) is 0 Å². The third-order valence-corrected chi connectivity index (χ3v) is 17.6. The lowest BCUT2D eigenvalue weighted by molar-refractivity contribution is -0.870. The highest BCUT2D eigenvalue weighted by atomic mass is 31.2. The maximum atomic E-state index is 12.9. The Labute approximate surface area is 557 Å². The van der Waals surface area contributed by atoms with E-state index in [0.717, 1.165) is 83.5 Å². The van der Waals surface area contributed by atoms with Gasteiger partial charge < -0.3 is 27.9 Å². The molecule has 0 bridgehead atoms. The number of unbranched alkanes of at least 4 members (excludes halogenated alkanes) is 40. The van der Waals surface area contributed by atoms with Crippen molar-refractivity contribution in [1.29, 1.82) is 0 Å². The van der Waals surface area contributed by atoms with E-state index in [2.05, 4.69) is 111 Å². The van der Waals surface area contributed by atoms with Crippen molar-refractivity contribution >= 4 is 19.8 Å². The Morgan fingerprint density at radius 2 is 0.600 bits per heavy atom. The van der Waals surface area contributed by atoms with E-state index in [9.17, 15) is 19.0 Å². The van der Waals surface area contributed by atoms with Crippen LogP contribution in [0.15, 0.2) is 97.2 Å². The maximum absolute atomic E-state index is 12.9. The summed E-state index contributed by atoms with van der Waals surface area (Å²) in [5.74, 6) is -0.820. The van der Waals surface area contributed by atoms with E-state index in [1.165, 1.54) is 231 Å². The summed E-state index contributed by atoms with van der Waals surface area (Å²) in [6.07, 6.45) is 98.0. The Kier molecular flexibility index (Phi) is 67.9. The minimum Gasteiger partial charge on any atom is -0.756 e. The fourth-order valence-electron chi connectivity index (χ4n) is 10.9. The molecule has 0 saturated heterocycles. The van der Waals surface area contributed by atoms with Crippen LogP contribution in [0, 0.1) is 0 Å². The topological polar surface area (TPSA) is 111 Å². The van der Waals surface area contributed by atoms with Crippen LogP contribution in [0.25, 0.3) is 0 Å². The number of quaternary nitrogens is 1. The molecule has 0 aromatic heterocycles. The van der Waals surface area contributed by atoms with Gasteiger partial charge in [0.15, 0.2) is 6.10 Å². The first-order valence-corrected chi connectivity index (χ1v) is 39.4. The molecule has 0 saturated carbocycles. The van der Waals surface area contributed by atoms with Gasteiger partial charge >= 0.3 is 11.9 Å². The smallest absolute Gasteiger partial charge is 0.306 e. The molecule has 0 amide bonds. The lowest BCUT2D eigenvalue weighted by Gasteiger charge is -2.28. The number of nitrogens with zero attached hydrogens (tertiary/aromatic N) is 1. The lowest BCUT2D eigenvalue weighted by Crippen LogP contribution is -2.37. The molecule has 0 aliphatic heterocycles. The van der Waals surface area contributed by atoms with Crippen LogP contribution in [0.2, 0.25) is 0 Å². The number of allylic oxidation sites excluding steroid dienone is 16. The second-order valence-corrected chi connectivity index (χ2v) is 28.0. The molecule has 522 valence electrons. The Bertz CT molecular complexity index is 1840. The van der Waals surface area contributed by atoms with E-state index < -0.39 is 26.5 Å². The molecule has 0 aliphatic rings. The van der Waals surface area contributed by atoms with E-state index in [0.29, 0.717) is 17.4 Å². The van der Waals surface area contributed by atoms with Crippen LogP contribution in [0.1, 0.15) is 348 Å². The molecular weight excluding hydrogens is 1130 g/mol. The van der Waals surface area contributed by atoms with E-state index in [4.69, 9.17) is 18.5 Å². The molecular formula is C80H144NO8P. The minimum atomic E-state index is -4.65. The normalized spacial score (nSPS) is 13.6. The Morgan fingerprint density at radius 1 is 0.344 bits per heavy atom. The number of hydrogen-bond donors (Lipinski definition) is 0. The Balaban J connectivity index is 3.93. The first-order chi connectivity index (χ1) is 44.0. The molecule has 2 unspecified atom stereocenters. The highest BCUT2D eigenvalue weighted by molar-refractivity contribution is 7.45. The van der Waals surface area contributed by atoms with Crippen molar-refractivity contribution in [2.45, 2.75) is 354 Å². The maximum Gasteiger partial charge on any atom is 0.306 e. The molecule has 0 rings (SSSR count). The molecule has 0 aromatic carbocycles. The van der Waals surface area contributed by atoms with Gasteiger partial charge in [0.2, 0.25) is 0 Å². The molecule has 0 aromatic rings. The number of phosphoric acid groups is 1. The fraction of sp³-hybridized carbons (Fsp3) is 0.775. The molecule has 2 atom stereocenters. The van der Waals surface area contributed by atoms with Gasteiger partial charge in [0.05, 0.1) is 27.7 Å². The molecule has 0 radical (unpaired) electrons. The molecule has 9 nitrogen and oxygen atoms in total. The molecule has 10 heteroatoms. The van der Waals surface area contributed by atoms with Gasteiger partial charge in [-0.05, 0) is 89.9 Å².